The zero-order valence-corrected chi connectivity index (χ0v) is 17.2. The molecule has 1 saturated heterocycles. The summed E-state index contributed by atoms with van der Waals surface area (Å²) in [5, 5.41) is 0. The lowest BCUT2D eigenvalue weighted by atomic mass is 9.98. The predicted octanol–water partition coefficient (Wildman–Crippen LogP) is 1.53. The lowest BCUT2D eigenvalue weighted by Crippen LogP contribution is -2.42. The molecule has 3 aromatic rings. The Bertz CT molecular complexity index is 1180. The molecule has 1 fully saturated rings. The van der Waals surface area contributed by atoms with Gasteiger partial charge >= 0.3 is 5.69 Å². The number of H-pyrrole nitrogens is 1. The second-order valence-electron chi connectivity index (χ2n) is 7.61. The molecule has 31 heavy (non-hydrogen) atoms. The molecule has 1 atom stereocenters. The molecule has 0 bridgehead atoms. The number of ether oxygens (including phenoxy) is 1. The maximum atomic E-state index is 12.7. The third-order valence-corrected chi connectivity index (χ3v) is 5.41. The largest absolute Gasteiger partial charge is 0.497 e. The van der Waals surface area contributed by atoms with E-state index in [1.807, 2.05) is 24.3 Å². The Labute approximate surface area is 178 Å². The third kappa shape index (κ3) is 4.93. The zero-order chi connectivity index (χ0) is 21.8. The first-order valence-electron chi connectivity index (χ1n) is 10.2. The highest BCUT2D eigenvalue weighted by Gasteiger charge is 2.28. The Kier molecular flexibility index (Phi) is 6.01. The van der Waals surface area contributed by atoms with Crippen LogP contribution in [-0.4, -0.2) is 45.5 Å². The lowest BCUT2D eigenvalue weighted by molar-refractivity contribution is -0.133. The van der Waals surface area contributed by atoms with Crippen molar-refractivity contribution in [2.45, 2.75) is 31.7 Å². The van der Waals surface area contributed by atoms with E-state index in [0.29, 0.717) is 25.4 Å². The highest BCUT2D eigenvalue weighted by Crippen LogP contribution is 2.27. The van der Waals surface area contributed by atoms with Crippen LogP contribution in [0.15, 0.2) is 56.7 Å². The van der Waals surface area contributed by atoms with Gasteiger partial charge < -0.3 is 14.1 Å². The normalized spacial score (nSPS) is 16.3. The summed E-state index contributed by atoms with van der Waals surface area (Å²) in [6.45, 7) is 0.982. The molecular formula is C22H24N4O5. The minimum Gasteiger partial charge on any atom is -0.497 e. The summed E-state index contributed by atoms with van der Waals surface area (Å²) >= 11 is 0. The van der Waals surface area contributed by atoms with Crippen molar-refractivity contribution < 1.29 is 13.9 Å². The highest BCUT2D eigenvalue weighted by molar-refractivity contribution is 5.76. The monoisotopic (exact) mass is 424 g/mol. The van der Waals surface area contributed by atoms with Crippen LogP contribution in [0.4, 0.5) is 0 Å². The minimum atomic E-state index is -0.593. The number of nitrogens with one attached hydrogen (secondary N) is 1. The summed E-state index contributed by atoms with van der Waals surface area (Å²) in [7, 11) is 1.63. The number of likely N-dealkylation sites (tertiary alicyclic amines) is 1. The first-order chi connectivity index (χ1) is 15.0. The number of oxazole rings is 1. The maximum Gasteiger partial charge on any atom is 0.328 e. The number of hydrogen-bond donors (Lipinski definition) is 1. The van der Waals surface area contributed by atoms with Gasteiger partial charge in [-0.25, -0.2) is 9.78 Å². The number of carbonyl (C=O) groups is 1. The van der Waals surface area contributed by atoms with Gasteiger partial charge in [0, 0.05) is 31.8 Å². The van der Waals surface area contributed by atoms with E-state index in [0.717, 1.165) is 29.9 Å². The van der Waals surface area contributed by atoms with E-state index < -0.39 is 11.2 Å². The number of methoxy groups -OCH3 is 1. The van der Waals surface area contributed by atoms with E-state index in [1.54, 1.807) is 18.2 Å². The number of rotatable bonds is 6. The second kappa shape index (κ2) is 9.03. The van der Waals surface area contributed by atoms with Gasteiger partial charge in [0.15, 0.2) is 5.89 Å². The van der Waals surface area contributed by atoms with E-state index in [-0.39, 0.29) is 18.4 Å². The first kappa shape index (κ1) is 20.6. The standard InChI is InChI=1S/C22H24N4O5/c1-30-17-6-2-4-15(10-17)11-18-12-23-21(31-18)16-5-3-8-25(13-16)20(28)14-26-9-7-19(27)24-22(26)29/h2,4,6-7,9-10,12,16H,3,5,8,11,13-14H2,1H3,(H,24,27,29)/t16-/m0/s1. The molecule has 1 aliphatic rings. The molecule has 4 rings (SSSR count). The fourth-order valence-electron chi connectivity index (χ4n) is 3.80. The molecular weight excluding hydrogens is 400 g/mol. The molecule has 9 heteroatoms. The van der Waals surface area contributed by atoms with Gasteiger partial charge in [-0.1, -0.05) is 12.1 Å². The molecule has 0 unspecified atom stereocenters. The summed E-state index contributed by atoms with van der Waals surface area (Å²) in [6.07, 6.45) is 5.37. The van der Waals surface area contributed by atoms with Crippen molar-refractivity contribution in [2.75, 3.05) is 20.2 Å². The number of aromatic amines is 1. The van der Waals surface area contributed by atoms with Gasteiger partial charge in [0.1, 0.15) is 18.1 Å². The molecule has 1 N–H and O–H groups in total. The number of carbonyl (C=O) groups excluding carboxylic acids is 1. The molecule has 3 heterocycles. The second-order valence-corrected chi connectivity index (χ2v) is 7.61. The van der Waals surface area contributed by atoms with E-state index in [9.17, 15) is 14.4 Å². The van der Waals surface area contributed by atoms with Crippen LogP contribution in [0.1, 0.15) is 36.0 Å². The molecule has 162 valence electrons. The first-order valence-corrected chi connectivity index (χ1v) is 10.2. The summed E-state index contributed by atoms with van der Waals surface area (Å²) < 4.78 is 12.5. The molecule has 0 saturated carbocycles. The van der Waals surface area contributed by atoms with Crippen molar-refractivity contribution in [1.29, 1.82) is 0 Å². The summed E-state index contributed by atoms with van der Waals surface area (Å²) in [4.78, 5) is 44.1. The SMILES string of the molecule is COc1cccc(Cc2cnc([C@H]3CCCN(C(=O)Cn4ccc(=O)[nH]c4=O)C3)o2)c1. The van der Waals surface area contributed by atoms with Crippen LogP contribution in [0.25, 0.3) is 0 Å². The van der Waals surface area contributed by atoms with Crippen LogP contribution in [-0.2, 0) is 17.8 Å². The van der Waals surface area contributed by atoms with Gasteiger partial charge in [0.25, 0.3) is 5.56 Å². The molecule has 1 aromatic carbocycles. The average molecular weight is 424 g/mol. The highest BCUT2D eigenvalue weighted by atomic mass is 16.5. The Morgan fingerprint density at radius 1 is 1.32 bits per heavy atom. The van der Waals surface area contributed by atoms with Crippen molar-refractivity contribution >= 4 is 5.91 Å². The van der Waals surface area contributed by atoms with Crippen molar-refractivity contribution in [1.82, 2.24) is 19.4 Å². The smallest absolute Gasteiger partial charge is 0.328 e. The Morgan fingerprint density at radius 2 is 2.19 bits per heavy atom. The quantitative estimate of drug-likeness (QED) is 0.643. The van der Waals surface area contributed by atoms with Crippen LogP contribution in [0.2, 0.25) is 0 Å². The van der Waals surface area contributed by atoms with E-state index >= 15 is 0 Å². The lowest BCUT2D eigenvalue weighted by Gasteiger charge is -2.31. The van der Waals surface area contributed by atoms with E-state index in [2.05, 4.69) is 9.97 Å². The molecule has 0 aliphatic carbocycles. The van der Waals surface area contributed by atoms with Crippen molar-refractivity contribution in [3.63, 3.8) is 0 Å². The Morgan fingerprint density at radius 3 is 3.00 bits per heavy atom. The molecule has 9 nitrogen and oxygen atoms in total. The average Bonchev–Trinajstić information content (AvgIpc) is 3.24. The van der Waals surface area contributed by atoms with Gasteiger partial charge in [0.2, 0.25) is 5.91 Å². The minimum absolute atomic E-state index is 0.00376. The van der Waals surface area contributed by atoms with Gasteiger partial charge in [0.05, 0.1) is 19.2 Å². The van der Waals surface area contributed by atoms with E-state index in [4.69, 9.17) is 9.15 Å². The molecule has 0 radical (unpaired) electrons. The van der Waals surface area contributed by atoms with Crippen LogP contribution in [0, 0.1) is 0 Å². The van der Waals surface area contributed by atoms with Gasteiger partial charge in [-0.3, -0.25) is 19.1 Å². The van der Waals surface area contributed by atoms with Gasteiger partial charge in [-0.15, -0.1) is 0 Å². The summed E-state index contributed by atoms with van der Waals surface area (Å²) in [6, 6.07) is 9.02. The number of benzene rings is 1. The van der Waals surface area contributed by atoms with Crippen LogP contribution < -0.4 is 16.0 Å². The molecule has 2 aromatic heterocycles. The Balaban J connectivity index is 1.41. The summed E-state index contributed by atoms with van der Waals surface area (Å²) in [5.74, 6) is 1.99. The number of aromatic nitrogens is 3. The van der Waals surface area contributed by atoms with E-state index in [1.165, 1.54) is 16.8 Å². The number of amides is 1. The van der Waals surface area contributed by atoms with Gasteiger partial charge in [-0.05, 0) is 30.5 Å². The zero-order valence-electron chi connectivity index (χ0n) is 17.2. The fraction of sp³-hybridized carbons (Fsp3) is 0.364. The number of nitrogens with zero attached hydrogens (tertiary/aromatic N) is 3. The fourth-order valence-corrected chi connectivity index (χ4v) is 3.80. The Hall–Kier alpha value is -3.62. The molecule has 0 spiro atoms. The van der Waals surface area contributed by atoms with Crippen LogP contribution in [0.3, 0.4) is 0 Å². The predicted molar refractivity (Wildman–Crippen MR) is 112 cm³/mol. The topological polar surface area (TPSA) is 110 Å². The molecule has 1 amide bonds. The van der Waals surface area contributed by atoms with Crippen molar-refractivity contribution in [3.8, 4) is 5.75 Å². The van der Waals surface area contributed by atoms with Gasteiger partial charge in [-0.2, -0.15) is 0 Å². The van der Waals surface area contributed by atoms with Crippen molar-refractivity contribution in [3.05, 3.63) is 80.8 Å². The number of piperidine rings is 1. The third-order valence-electron chi connectivity index (χ3n) is 5.41. The summed E-state index contributed by atoms with van der Waals surface area (Å²) in [5.41, 5.74) is -0.0153. The molecule has 1 aliphatic heterocycles. The van der Waals surface area contributed by atoms with Crippen molar-refractivity contribution in [2.24, 2.45) is 0 Å². The van der Waals surface area contributed by atoms with Crippen LogP contribution >= 0.6 is 0 Å². The maximum absolute atomic E-state index is 12.7. The van der Waals surface area contributed by atoms with Crippen LogP contribution in [0.5, 0.6) is 5.75 Å². The number of hydrogen-bond acceptors (Lipinski definition) is 6.